The fourth-order valence-corrected chi connectivity index (χ4v) is 3.31. The Morgan fingerprint density at radius 2 is 1.73 bits per heavy atom. The molecule has 0 aromatic carbocycles. The number of hydrogen-bond donors (Lipinski definition) is 1. The lowest BCUT2D eigenvalue weighted by Gasteiger charge is -2.32. The van der Waals surface area contributed by atoms with E-state index in [2.05, 4.69) is 15.4 Å². The number of aromatic nitrogens is 3. The van der Waals surface area contributed by atoms with Crippen molar-refractivity contribution >= 4 is 5.91 Å². The molecule has 2 aromatic heterocycles. The number of hydrogen-bond acceptors (Lipinski definition) is 4. The first-order valence-electron chi connectivity index (χ1n) is 9.16. The maximum absolute atomic E-state index is 12.8. The molecule has 164 valence electrons. The van der Waals surface area contributed by atoms with E-state index in [1.54, 1.807) is 18.2 Å². The van der Waals surface area contributed by atoms with Crippen LogP contribution in [0, 0.1) is 0 Å². The molecule has 3 rings (SSSR count). The van der Waals surface area contributed by atoms with Crippen LogP contribution in [0.1, 0.15) is 23.3 Å². The van der Waals surface area contributed by atoms with Crippen LogP contribution < -0.4 is 5.32 Å². The molecule has 1 aliphatic heterocycles. The Labute approximate surface area is 167 Å². The second-order valence-electron chi connectivity index (χ2n) is 7.06. The van der Waals surface area contributed by atoms with Crippen molar-refractivity contribution in [1.29, 1.82) is 0 Å². The topological polar surface area (TPSA) is 63.1 Å². The summed E-state index contributed by atoms with van der Waals surface area (Å²) in [6.45, 7) is -2.07. The van der Waals surface area contributed by atoms with Gasteiger partial charge in [0.1, 0.15) is 6.54 Å². The van der Waals surface area contributed by atoms with Crippen molar-refractivity contribution in [2.24, 2.45) is 0 Å². The van der Waals surface area contributed by atoms with E-state index in [1.165, 1.54) is 11.1 Å². The SMILES string of the molecule is O=C(NC1CCN(CC(F)(F)F)CC1)c1nn(CC(F)(F)F)cc1-c1ccccn1. The van der Waals surface area contributed by atoms with Crippen molar-refractivity contribution in [3.8, 4) is 11.3 Å². The number of carbonyl (C=O) groups is 1. The molecular formula is C18H19F6N5O. The molecule has 30 heavy (non-hydrogen) atoms. The first-order chi connectivity index (χ1) is 14.0. The summed E-state index contributed by atoms with van der Waals surface area (Å²) < 4.78 is 76.3. The van der Waals surface area contributed by atoms with Gasteiger partial charge in [0.25, 0.3) is 5.91 Å². The van der Waals surface area contributed by atoms with Gasteiger partial charge in [-0.05, 0) is 25.0 Å². The molecule has 0 spiro atoms. The summed E-state index contributed by atoms with van der Waals surface area (Å²) in [5.41, 5.74) is 0.221. The molecule has 2 aromatic rings. The van der Waals surface area contributed by atoms with E-state index in [1.807, 2.05) is 0 Å². The lowest BCUT2D eigenvalue weighted by molar-refractivity contribution is -0.148. The maximum atomic E-state index is 12.8. The van der Waals surface area contributed by atoms with E-state index in [9.17, 15) is 31.1 Å². The van der Waals surface area contributed by atoms with Crippen LogP contribution in [0.4, 0.5) is 26.3 Å². The van der Waals surface area contributed by atoms with Crippen LogP contribution >= 0.6 is 0 Å². The number of amides is 1. The van der Waals surface area contributed by atoms with Crippen molar-refractivity contribution in [1.82, 2.24) is 25.0 Å². The smallest absolute Gasteiger partial charge is 0.348 e. The summed E-state index contributed by atoms with van der Waals surface area (Å²) in [4.78, 5) is 18.0. The number of rotatable bonds is 5. The molecule has 3 heterocycles. The van der Waals surface area contributed by atoms with E-state index >= 15 is 0 Å². The highest BCUT2D eigenvalue weighted by Gasteiger charge is 2.34. The Balaban J connectivity index is 1.72. The molecule has 0 bridgehead atoms. The van der Waals surface area contributed by atoms with E-state index < -0.39 is 37.4 Å². The van der Waals surface area contributed by atoms with Crippen LogP contribution in [0.15, 0.2) is 30.6 Å². The van der Waals surface area contributed by atoms with Crippen molar-refractivity contribution in [2.75, 3.05) is 19.6 Å². The molecular weight excluding hydrogens is 416 g/mol. The Kier molecular flexibility index (Phi) is 6.34. The molecule has 1 N–H and O–H groups in total. The first kappa shape index (κ1) is 22.1. The van der Waals surface area contributed by atoms with Gasteiger partial charge >= 0.3 is 12.4 Å². The fraction of sp³-hybridized carbons (Fsp3) is 0.500. The van der Waals surface area contributed by atoms with Crippen LogP contribution in [0.25, 0.3) is 11.3 Å². The molecule has 0 unspecified atom stereocenters. The standard InChI is InChI=1S/C18H19F6N5O/c19-17(20,21)10-28-7-4-12(5-8-28)26-16(30)15-13(14-3-1-2-6-25-14)9-29(27-15)11-18(22,23)24/h1-3,6,9,12H,4-5,7-8,10-11H2,(H,26,30). The minimum atomic E-state index is -4.52. The third-order valence-electron chi connectivity index (χ3n) is 4.58. The molecule has 1 aliphatic rings. The lowest BCUT2D eigenvalue weighted by Crippen LogP contribution is -2.47. The van der Waals surface area contributed by atoms with Crippen molar-refractivity contribution in [3.05, 3.63) is 36.3 Å². The van der Waals surface area contributed by atoms with Crippen LogP contribution in [0.2, 0.25) is 0 Å². The summed E-state index contributed by atoms with van der Waals surface area (Å²) in [5, 5.41) is 6.46. The van der Waals surface area contributed by atoms with E-state index in [0.29, 0.717) is 17.5 Å². The van der Waals surface area contributed by atoms with Gasteiger partial charge in [-0.15, -0.1) is 0 Å². The number of pyridine rings is 1. The number of nitrogens with zero attached hydrogens (tertiary/aromatic N) is 4. The van der Waals surface area contributed by atoms with E-state index in [4.69, 9.17) is 0 Å². The third kappa shape index (κ3) is 6.18. The molecule has 1 fully saturated rings. The highest BCUT2D eigenvalue weighted by molar-refractivity contribution is 5.98. The van der Waals surface area contributed by atoms with Crippen molar-refractivity contribution < 1.29 is 31.1 Å². The maximum Gasteiger partial charge on any atom is 0.408 e. The van der Waals surface area contributed by atoms with Crippen molar-refractivity contribution in [2.45, 2.75) is 37.8 Å². The largest absolute Gasteiger partial charge is 0.408 e. The predicted octanol–water partition coefficient (Wildman–Crippen LogP) is 3.26. The monoisotopic (exact) mass is 435 g/mol. The summed E-state index contributed by atoms with van der Waals surface area (Å²) in [5.74, 6) is -0.689. The third-order valence-corrected chi connectivity index (χ3v) is 4.58. The number of halogens is 6. The fourth-order valence-electron chi connectivity index (χ4n) is 3.31. The zero-order valence-electron chi connectivity index (χ0n) is 15.7. The first-order valence-corrected chi connectivity index (χ1v) is 9.16. The molecule has 1 saturated heterocycles. The molecule has 6 nitrogen and oxygen atoms in total. The molecule has 0 radical (unpaired) electrons. The number of nitrogens with one attached hydrogen (secondary N) is 1. The second-order valence-corrected chi connectivity index (χ2v) is 7.06. The van der Waals surface area contributed by atoms with Gasteiger partial charge in [0.05, 0.1) is 17.8 Å². The summed E-state index contributed by atoms with van der Waals surface area (Å²) >= 11 is 0. The van der Waals surface area contributed by atoms with Gasteiger partial charge in [-0.2, -0.15) is 31.4 Å². The predicted molar refractivity (Wildman–Crippen MR) is 94.5 cm³/mol. The number of piperidine rings is 1. The van der Waals surface area contributed by atoms with Crippen molar-refractivity contribution in [3.63, 3.8) is 0 Å². The normalized spacial score (nSPS) is 16.6. The van der Waals surface area contributed by atoms with Gasteiger partial charge in [-0.3, -0.25) is 19.4 Å². The van der Waals surface area contributed by atoms with Gasteiger partial charge in [0, 0.05) is 31.5 Å². The molecule has 12 heteroatoms. The average molecular weight is 435 g/mol. The Morgan fingerprint density at radius 1 is 1.07 bits per heavy atom. The molecule has 1 amide bonds. The quantitative estimate of drug-likeness (QED) is 0.733. The number of likely N-dealkylation sites (tertiary alicyclic amines) is 1. The highest BCUT2D eigenvalue weighted by Crippen LogP contribution is 2.25. The number of carbonyl (C=O) groups excluding carboxylic acids is 1. The molecule has 0 atom stereocenters. The summed E-state index contributed by atoms with van der Waals surface area (Å²) in [6, 6.07) is 4.40. The van der Waals surface area contributed by atoms with Gasteiger partial charge in [0.15, 0.2) is 5.69 Å². The second kappa shape index (κ2) is 8.62. The number of alkyl halides is 6. The van der Waals surface area contributed by atoms with Gasteiger partial charge in [0.2, 0.25) is 0 Å². The lowest BCUT2D eigenvalue weighted by atomic mass is 10.0. The van der Waals surface area contributed by atoms with Gasteiger partial charge < -0.3 is 5.32 Å². The molecule has 0 saturated carbocycles. The van der Waals surface area contributed by atoms with Crippen LogP contribution in [0.5, 0.6) is 0 Å². The molecule has 0 aliphatic carbocycles. The Morgan fingerprint density at radius 3 is 2.30 bits per heavy atom. The highest BCUT2D eigenvalue weighted by atomic mass is 19.4. The van der Waals surface area contributed by atoms with E-state index in [-0.39, 0.29) is 30.0 Å². The Hall–Kier alpha value is -2.63. The summed E-state index contributed by atoms with van der Waals surface area (Å²) in [6.07, 6.45) is -5.68. The zero-order chi connectivity index (χ0) is 21.9. The van der Waals surface area contributed by atoms with Crippen LogP contribution in [-0.4, -0.2) is 63.6 Å². The van der Waals surface area contributed by atoms with Crippen LogP contribution in [-0.2, 0) is 6.54 Å². The average Bonchev–Trinajstić information content (AvgIpc) is 3.05. The van der Waals surface area contributed by atoms with Gasteiger partial charge in [-0.1, -0.05) is 6.07 Å². The van der Waals surface area contributed by atoms with E-state index in [0.717, 1.165) is 6.20 Å². The van der Waals surface area contributed by atoms with Gasteiger partial charge in [-0.25, -0.2) is 0 Å². The minimum absolute atomic E-state index is 0.145. The Bertz CT molecular complexity index is 856. The summed E-state index contributed by atoms with van der Waals surface area (Å²) in [7, 11) is 0. The van der Waals surface area contributed by atoms with Crippen LogP contribution in [0.3, 0.4) is 0 Å². The minimum Gasteiger partial charge on any atom is -0.348 e. The zero-order valence-corrected chi connectivity index (χ0v) is 15.7.